The molecule has 4 nitrogen and oxygen atoms in total. The van der Waals surface area contributed by atoms with Crippen molar-refractivity contribution in [3.05, 3.63) is 0 Å². The maximum absolute atomic E-state index is 12.3. The standard InChI is InChI=1S/C11H23N3O/c1-3-11(2,9-12)10(15)14-7-4-5-13-6-8-14/h13H,3-9,12H2,1-2H3. The lowest BCUT2D eigenvalue weighted by Gasteiger charge is -2.32. The summed E-state index contributed by atoms with van der Waals surface area (Å²) in [6, 6.07) is 0. The molecule has 1 amide bonds. The van der Waals surface area contributed by atoms with Crippen LogP contribution in [0.1, 0.15) is 26.7 Å². The lowest BCUT2D eigenvalue weighted by molar-refractivity contribution is -0.140. The van der Waals surface area contributed by atoms with Crippen LogP contribution in [0.4, 0.5) is 0 Å². The Morgan fingerprint density at radius 3 is 2.80 bits per heavy atom. The van der Waals surface area contributed by atoms with Gasteiger partial charge in [-0.2, -0.15) is 0 Å². The highest BCUT2D eigenvalue weighted by Gasteiger charge is 2.33. The van der Waals surface area contributed by atoms with E-state index in [1.165, 1.54) is 0 Å². The first-order chi connectivity index (χ1) is 7.14. The summed E-state index contributed by atoms with van der Waals surface area (Å²) < 4.78 is 0. The Bertz CT molecular complexity index is 206. The molecule has 4 heteroatoms. The minimum absolute atomic E-state index is 0.219. The Hall–Kier alpha value is -0.610. The van der Waals surface area contributed by atoms with Crippen molar-refractivity contribution in [1.29, 1.82) is 0 Å². The van der Waals surface area contributed by atoms with Crippen molar-refractivity contribution in [2.75, 3.05) is 32.7 Å². The van der Waals surface area contributed by atoms with Gasteiger partial charge in [0.1, 0.15) is 0 Å². The molecule has 0 radical (unpaired) electrons. The molecule has 1 saturated heterocycles. The first-order valence-electron chi connectivity index (χ1n) is 5.84. The molecular formula is C11H23N3O. The maximum atomic E-state index is 12.3. The highest BCUT2D eigenvalue weighted by molar-refractivity contribution is 5.82. The molecule has 0 aromatic heterocycles. The first kappa shape index (κ1) is 12.5. The molecule has 1 heterocycles. The molecule has 0 spiro atoms. The second kappa shape index (κ2) is 5.47. The van der Waals surface area contributed by atoms with E-state index in [9.17, 15) is 4.79 Å². The minimum Gasteiger partial charge on any atom is -0.341 e. The summed E-state index contributed by atoms with van der Waals surface area (Å²) in [5.41, 5.74) is 5.33. The second-order valence-electron chi connectivity index (χ2n) is 4.51. The SMILES string of the molecule is CCC(C)(CN)C(=O)N1CCCNCC1. The van der Waals surface area contributed by atoms with Crippen LogP contribution >= 0.6 is 0 Å². The molecule has 1 rings (SSSR count). The van der Waals surface area contributed by atoms with Crippen LogP contribution in [-0.2, 0) is 4.79 Å². The topological polar surface area (TPSA) is 58.4 Å². The number of hydrogen-bond donors (Lipinski definition) is 2. The Labute approximate surface area is 92.2 Å². The minimum atomic E-state index is -0.371. The van der Waals surface area contributed by atoms with Gasteiger partial charge in [0.05, 0.1) is 5.41 Å². The Morgan fingerprint density at radius 1 is 1.47 bits per heavy atom. The lowest BCUT2D eigenvalue weighted by atomic mass is 9.86. The third-order valence-electron chi connectivity index (χ3n) is 3.37. The van der Waals surface area contributed by atoms with Gasteiger partial charge in [0, 0.05) is 26.2 Å². The van der Waals surface area contributed by atoms with Gasteiger partial charge in [-0.25, -0.2) is 0 Å². The molecule has 0 aromatic carbocycles. The fourth-order valence-electron chi connectivity index (χ4n) is 1.81. The van der Waals surface area contributed by atoms with E-state index in [-0.39, 0.29) is 11.3 Å². The van der Waals surface area contributed by atoms with Gasteiger partial charge in [0.2, 0.25) is 5.91 Å². The van der Waals surface area contributed by atoms with Crippen molar-refractivity contribution in [2.45, 2.75) is 26.7 Å². The molecule has 0 aliphatic carbocycles. The van der Waals surface area contributed by atoms with Crippen LogP contribution in [0, 0.1) is 5.41 Å². The highest BCUT2D eigenvalue weighted by atomic mass is 16.2. The van der Waals surface area contributed by atoms with Gasteiger partial charge in [-0.1, -0.05) is 6.92 Å². The number of nitrogens with zero attached hydrogens (tertiary/aromatic N) is 1. The average molecular weight is 213 g/mol. The third kappa shape index (κ3) is 2.92. The van der Waals surface area contributed by atoms with Crippen molar-refractivity contribution in [3.63, 3.8) is 0 Å². The van der Waals surface area contributed by atoms with E-state index in [0.717, 1.165) is 39.0 Å². The third-order valence-corrected chi connectivity index (χ3v) is 3.37. The van der Waals surface area contributed by atoms with Crippen LogP contribution in [0.5, 0.6) is 0 Å². The number of carbonyl (C=O) groups is 1. The first-order valence-corrected chi connectivity index (χ1v) is 5.84. The fourth-order valence-corrected chi connectivity index (χ4v) is 1.81. The molecule has 15 heavy (non-hydrogen) atoms. The fraction of sp³-hybridized carbons (Fsp3) is 0.909. The van der Waals surface area contributed by atoms with Crippen LogP contribution in [0.3, 0.4) is 0 Å². The van der Waals surface area contributed by atoms with Crippen molar-refractivity contribution >= 4 is 5.91 Å². The molecule has 0 aromatic rings. The smallest absolute Gasteiger partial charge is 0.229 e. The van der Waals surface area contributed by atoms with Gasteiger partial charge >= 0.3 is 0 Å². The zero-order valence-corrected chi connectivity index (χ0v) is 9.88. The molecule has 3 N–H and O–H groups in total. The number of rotatable bonds is 3. The molecule has 88 valence electrons. The number of amides is 1. The summed E-state index contributed by atoms with van der Waals surface area (Å²) in [4.78, 5) is 14.2. The number of nitrogens with one attached hydrogen (secondary N) is 1. The van der Waals surface area contributed by atoms with Gasteiger partial charge < -0.3 is 16.0 Å². The van der Waals surface area contributed by atoms with E-state index in [4.69, 9.17) is 5.73 Å². The summed E-state index contributed by atoms with van der Waals surface area (Å²) in [5, 5.41) is 3.29. The number of nitrogens with two attached hydrogens (primary N) is 1. The van der Waals surface area contributed by atoms with Crippen LogP contribution in [0.25, 0.3) is 0 Å². The predicted molar refractivity (Wildman–Crippen MR) is 61.5 cm³/mol. The molecular weight excluding hydrogens is 190 g/mol. The van der Waals surface area contributed by atoms with Crippen LogP contribution in [0.15, 0.2) is 0 Å². The van der Waals surface area contributed by atoms with Crippen LogP contribution in [0.2, 0.25) is 0 Å². The van der Waals surface area contributed by atoms with E-state index >= 15 is 0 Å². The Balaban J connectivity index is 2.64. The van der Waals surface area contributed by atoms with Gasteiger partial charge in [0.15, 0.2) is 0 Å². The Morgan fingerprint density at radius 2 is 2.20 bits per heavy atom. The largest absolute Gasteiger partial charge is 0.341 e. The zero-order chi connectivity index (χ0) is 11.3. The normalized spacial score (nSPS) is 21.9. The van der Waals surface area contributed by atoms with E-state index in [2.05, 4.69) is 5.32 Å². The van der Waals surface area contributed by atoms with Crippen LogP contribution in [-0.4, -0.2) is 43.5 Å². The summed E-state index contributed by atoms with van der Waals surface area (Å²) in [6.45, 7) is 8.02. The van der Waals surface area contributed by atoms with Gasteiger partial charge in [-0.05, 0) is 26.3 Å². The van der Waals surface area contributed by atoms with E-state index < -0.39 is 0 Å². The summed E-state index contributed by atoms with van der Waals surface area (Å²) >= 11 is 0. The molecule has 1 aliphatic heterocycles. The van der Waals surface area contributed by atoms with Crippen molar-refractivity contribution in [2.24, 2.45) is 11.1 Å². The molecule has 0 bridgehead atoms. The van der Waals surface area contributed by atoms with Crippen molar-refractivity contribution in [1.82, 2.24) is 10.2 Å². The van der Waals surface area contributed by atoms with E-state index in [1.54, 1.807) is 0 Å². The van der Waals surface area contributed by atoms with Crippen molar-refractivity contribution in [3.8, 4) is 0 Å². The average Bonchev–Trinajstić information content (AvgIpc) is 2.55. The molecule has 1 unspecified atom stereocenters. The zero-order valence-electron chi connectivity index (χ0n) is 9.88. The predicted octanol–water partition coefficient (Wildman–Crippen LogP) is 0.183. The van der Waals surface area contributed by atoms with Crippen molar-refractivity contribution < 1.29 is 4.79 Å². The van der Waals surface area contributed by atoms with Gasteiger partial charge in [-0.3, -0.25) is 4.79 Å². The molecule has 0 saturated carbocycles. The second-order valence-corrected chi connectivity index (χ2v) is 4.51. The quantitative estimate of drug-likeness (QED) is 0.703. The summed E-state index contributed by atoms with van der Waals surface area (Å²) in [5.74, 6) is 0.219. The molecule has 1 atom stereocenters. The maximum Gasteiger partial charge on any atom is 0.229 e. The number of hydrogen-bond acceptors (Lipinski definition) is 3. The molecule has 1 fully saturated rings. The Kier molecular flexibility index (Phi) is 4.54. The molecule has 1 aliphatic rings. The summed E-state index contributed by atoms with van der Waals surface area (Å²) in [6.07, 6.45) is 1.85. The number of carbonyl (C=O) groups excluding carboxylic acids is 1. The monoisotopic (exact) mass is 213 g/mol. The highest BCUT2D eigenvalue weighted by Crippen LogP contribution is 2.22. The lowest BCUT2D eigenvalue weighted by Crippen LogP contribution is -2.47. The van der Waals surface area contributed by atoms with Gasteiger partial charge in [0.25, 0.3) is 0 Å². The van der Waals surface area contributed by atoms with E-state index in [1.807, 2.05) is 18.7 Å². The van der Waals surface area contributed by atoms with E-state index in [0.29, 0.717) is 6.54 Å². The van der Waals surface area contributed by atoms with Gasteiger partial charge in [-0.15, -0.1) is 0 Å². The summed E-state index contributed by atoms with van der Waals surface area (Å²) in [7, 11) is 0. The van der Waals surface area contributed by atoms with Crippen LogP contribution < -0.4 is 11.1 Å².